The average Bonchev–Trinajstić information content (AvgIpc) is 3.08. The minimum atomic E-state index is -0.670. The lowest BCUT2D eigenvalue weighted by Crippen LogP contribution is -2.25. The topological polar surface area (TPSA) is 76.7 Å². The molecule has 6 nitrogen and oxygen atoms in total. The second-order valence-corrected chi connectivity index (χ2v) is 5.87. The van der Waals surface area contributed by atoms with E-state index in [0.717, 1.165) is 11.1 Å². The Morgan fingerprint density at radius 1 is 1.24 bits per heavy atom. The summed E-state index contributed by atoms with van der Waals surface area (Å²) in [6.45, 7) is 0.337. The smallest absolute Gasteiger partial charge is 0.254 e. The molecule has 0 atom stereocenters. The van der Waals surface area contributed by atoms with Crippen molar-refractivity contribution in [1.82, 2.24) is 5.32 Å². The van der Waals surface area contributed by atoms with E-state index in [4.69, 9.17) is 9.47 Å². The Balaban J connectivity index is 1.52. The Labute approximate surface area is 142 Å². The zero-order chi connectivity index (χ0) is 17.4. The Hall–Kier alpha value is -3.09. The predicted molar refractivity (Wildman–Crippen MR) is 87.1 cm³/mol. The SMILES string of the molecule is O=C1CCc2cc(C(=O)NCc3cccc4c3OCO4)c(F)cc2N1. The Bertz CT molecular complexity index is 882. The third kappa shape index (κ3) is 2.88. The first-order valence-electron chi connectivity index (χ1n) is 7.90. The van der Waals surface area contributed by atoms with E-state index in [1.807, 2.05) is 6.07 Å². The van der Waals surface area contributed by atoms with E-state index in [0.29, 0.717) is 30.0 Å². The van der Waals surface area contributed by atoms with Gasteiger partial charge in [0.05, 0.1) is 5.56 Å². The van der Waals surface area contributed by atoms with Crippen LogP contribution in [0, 0.1) is 5.82 Å². The van der Waals surface area contributed by atoms with E-state index in [2.05, 4.69) is 10.6 Å². The van der Waals surface area contributed by atoms with Crippen LogP contribution in [-0.2, 0) is 17.8 Å². The van der Waals surface area contributed by atoms with Crippen molar-refractivity contribution in [2.45, 2.75) is 19.4 Å². The molecule has 0 spiro atoms. The Morgan fingerprint density at radius 2 is 2.12 bits per heavy atom. The summed E-state index contributed by atoms with van der Waals surface area (Å²) in [7, 11) is 0. The Morgan fingerprint density at radius 3 is 3.00 bits per heavy atom. The number of hydrogen-bond acceptors (Lipinski definition) is 4. The largest absolute Gasteiger partial charge is 0.454 e. The van der Waals surface area contributed by atoms with Crippen LogP contribution in [0.5, 0.6) is 11.5 Å². The maximum absolute atomic E-state index is 14.2. The normalized spacial score (nSPS) is 14.7. The summed E-state index contributed by atoms with van der Waals surface area (Å²) in [6, 6.07) is 8.09. The molecule has 2 N–H and O–H groups in total. The first-order valence-corrected chi connectivity index (χ1v) is 7.90. The number of fused-ring (bicyclic) bond motifs is 2. The standard InChI is InChI=1S/C18H15FN2O4/c19-13-7-14-10(4-5-16(22)21-14)6-12(13)18(23)20-8-11-2-1-3-15-17(11)25-9-24-15/h1-3,6-7H,4-5,8-9H2,(H,20,23)(H,21,22). The van der Waals surface area contributed by atoms with E-state index >= 15 is 0 Å². The van der Waals surface area contributed by atoms with Crippen molar-refractivity contribution < 1.29 is 23.5 Å². The van der Waals surface area contributed by atoms with Gasteiger partial charge >= 0.3 is 0 Å². The summed E-state index contributed by atoms with van der Waals surface area (Å²) in [4.78, 5) is 23.8. The number of para-hydroxylation sites is 1. The molecule has 2 aliphatic heterocycles. The van der Waals surface area contributed by atoms with Gasteiger partial charge in [-0.05, 0) is 30.2 Å². The molecule has 2 aromatic rings. The molecule has 128 valence electrons. The fraction of sp³-hybridized carbons (Fsp3) is 0.222. The minimum Gasteiger partial charge on any atom is -0.454 e. The minimum absolute atomic E-state index is 0.0420. The number of nitrogens with one attached hydrogen (secondary N) is 2. The molecule has 0 bridgehead atoms. The van der Waals surface area contributed by atoms with E-state index in [9.17, 15) is 14.0 Å². The third-order valence-corrected chi connectivity index (χ3v) is 4.25. The van der Waals surface area contributed by atoms with Crippen molar-refractivity contribution in [3.8, 4) is 11.5 Å². The molecule has 0 aromatic heterocycles. The second-order valence-electron chi connectivity index (χ2n) is 5.87. The lowest BCUT2D eigenvalue weighted by molar-refractivity contribution is -0.116. The number of aryl methyl sites for hydroxylation is 1. The summed E-state index contributed by atoms with van der Waals surface area (Å²) < 4.78 is 24.9. The molecule has 4 rings (SSSR count). The van der Waals surface area contributed by atoms with Crippen LogP contribution in [0.3, 0.4) is 0 Å². The molecular formula is C18H15FN2O4. The number of carbonyl (C=O) groups excluding carboxylic acids is 2. The van der Waals surface area contributed by atoms with Crippen molar-refractivity contribution in [2.75, 3.05) is 12.1 Å². The highest BCUT2D eigenvalue weighted by atomic mass is 19.1. The first-order chi connectivity index (χ1) is 12.1. The Kier molecular flexibility index (Phi) is 3.76. The second kappa shape index (κ2) is 6.08. The van der Waals surface area contributed by atoms with Crippen molar-refractivity contribution in [1.29, 1.82) is 0 Å². The average molecular weight is 342 g/mol. The number of ether oxygens (including phenoxy) is 2. The lowest BCUT2D eigenvalue weighted by Gasteiger charge is -2.18. The molecule has 2 heterocycles. The molecule has 25 heavy (non-hydrogen) atoms. The molecule has 2 aromatic carbocycles. The third-order valence-electron chi connectivity index (χ3n) is 4.25. The lowest BCUT2D eigenvalue weighted by atomic mass is 9.99. The number of amides is 2. The molecule has 2 amide bonds. The van der Waals surface area contributed by atoms with Crippen molar-refractivity contribution >= 4 is 17.5 Å². The molecule has 0 unspecified atom stereocenters. The fourth-order valence-electron chi connectivity index (χ4n) is 2.98. The van der Waals surface area contributed by atoms with Gasteiger partial charge in [0, 0.05) is 24.2 Å². The van der Waals surface area contributed by atoms with Gasteiger partial charge in [0.1, 0.15) is 5.82 Å². The van der Waals surface area contributed by atoms with Gasteiger partial charge in [-0.1, -0.05) is 12.1 Å². The zero-order valence-electron chi connectivity index (χ0n) is 13.2. The number of benzene rings is 2. The van der Waals surface area contributed by atoms with Crippen molar-refractivity contribution in [3.63, 3.8) is 0 Å². The number of carbonyl (C=O) groups is 2. The van der Waals surface area contributed by atoms with Crippen LogP contribution in [-0.4, -0.2) is 18.6 Å². The van der Waals surface area contributed by atoms with E-state index in [1.165, 1.54) is 12.1 Å². The summed E-state index contributed by atoms with van der Waals surface area (Å²) in [5, 5.41) is 5.31. The van der Waals surface area contributed by atoms with Crippen LogP contribution in [0.2, 0.25) is 0 Å². The molecule has 0 saturated heterocycles. The summed E-state index contributed by atoms with van der Waals surface area (Å²) in [5.74, 6) is -0.117. The van der Waals surface area contributed by atoms with Gasteiger partial charge in [-0.15, -0.1) is 0 Å². The predicted octanol–water partition coefficient (Wildman–Crippen LogP) is 2.37. The van der Waals surface area contributed by atoms with E-state index in [-0.39, 0.29) is 24.8 Å². The number of anilines is 1. The van der Waals surface area contributed by atoms with E-state index < -0.39 is 11.7 Å². The molecule has 2 aliphatic rings. The summed E-state index contributed by atoms with van der Waals surface area (Å²) in [6.07, 6.45) is 0.812. The molecule has 0 aliphatic carbocycles. The summed E-state index contributed by atoms with van der Waals surface area (Å²) >= 11 is 0. The van der Waals surface area contributed by atoms with Crippen LogP contribution in [0.1, 0.15) is 27.9 Å². The van der Waals surface area contributed by atoms with Gasteiger partial charge in [0.2, 0.25) is 12.7 Å². The highest BCUT2D eigenvalue weighted by molar-refractivity contribution is 5.98. The highest BCUT2D eigenvalue weighted by Crippen LogP contribution is 2.35. The maximum Gasteiger partial charge on any atom is 0.254 e. The molecular weight excluding hydrogens is 327 g/mol. The van der Waals surface area contributed by atoms with E-state index in [1.54, 1.807) is 12.1 Å². The van der Waals surface area contributed by atoms with Crippen LogP contribution in [0.25, 0.3) is 0 Å². The van der Waals surface area contributed by atoms with Gasteiger partial charge in [-0.2, -0.15) is 0 Å². The number of halogens is 1. The van der Waals surface area contributed by atoms with Crippen molar-refractivity contribution in [3.05, 3.63) is 52.8 Å². The quantitative estimate of drug-likeness (QED) is 0.898. The fourth-order valence-corrected chi connectivity index (χ4v) is 2.98. The van der Waals surface area contributed by atoms with Crippen LogP contribution >= 0.6 is 0 Å². The monoisotopic (exact) mass is 342 g/mol. The van der Waals surface area contributed by atoms with Crippen LogP contribution in [0.15, 0.2) is 30.3 Å². The molecule has 0 saturated carbocycles. The first kappa shape index (κ1) is 15.4. The molecule has 0 radical (unpaired) electrons. The number of rotatable bonds is 3. The highest BCUT2D eigenvalue weighted by Gasteiger charge is 2.22. The zero-order valence-corrected chi connectivity index (χ0v) is 13.2. The van der Waals surface area contributed by atoms with Gasteiger partial charge < -0.3 is 20.1 Å². The maximum atomic E-state index is 14.2. The molecule has 7 heteroatoms. The van der Waals surface area contributed by atoms with Gasteiger partial charge in [-0.25, -0.2) is 4.39 Å². The summed E-state index contributed by atoms with van der Waals surface area (Å²) in [5.41, 5.74) is 1.90. The van der Waals surface area contributed by atoms with Crippen molar-refractivity contribution in [2.24, 2.45) is 0 Å². The number of hydrogen-bond donors (Lipinski definition) is 2. The van der Waals surface area contributed by atoms with Crippen LogP contribution < -0.4 is 20.1 Å². The van der Waals surface area contributed by atoms with Gasteiger partial charge in [0.25, 0.3) is 5.91 Å². The van der Waals surface area contributed by atoms with Crippen LogP contribution in [0.4, 0.5) is 10.1 Å². The van der Waals surface area contributed by atoms with Gasteiger partial charge in [-0.3, -0.25) is 9.59 Å². The van der Waals surface area contributed by atoms with Gasteiger partial charge in [0.15, 0.2) is 11.5 Å². The molecule has 0 fully saturated rings.